The molecule has 1 aromatic carbocycles. The summed E-state index contributed by atoms with van der Waals surface area (Å²) in [6.07, 6.45) is 6.60. The van der Waals surface area contributed by atoms with Gasteiger partial charge in [-0.3, -0.25) is 19.7 Å². The Morgan fingerprint density at radius 1 is 1.17 bits per heavy atom. The highest BCUT2D eigenvalue weighted by molar-refractivity contribution is 5.93. The van der Waals surface area contributed by atoms with Gasteiger partial charge in [-0.25, -0.2) is 4.98 Å². The quantitative estimate of drug-likeness (QED) is 0.487. The number of benzene rings is 1. The zero-order valence-electron chi connectivity index (χ0n) is 15.9. The number of hydrogen-bond donors (Lipinski definition) is 2. The number of H-pyrrole nitrogens is 1. The highest BCUT2D eigenvalue weighted by Crippen LogP contribution is 2.31. The first-order valence-corrected chi connectivity index (χ1v) is 9.09. The molecule has 0 spiro atoms. The Labute approximate surface area is 165 Å². The molecule has 0 bridgehead atoms. The van der Waals surface area contributed by atoms with Gasteiger partial charge < -0.3 is 10.5 Å². The maximum absolute atomic E-state index is 6.19. The van der Waals surface area contributed by atoms with E-state index in [1.807, 2.05) is 38.4 Å². The van der Waals surface area contributed by atoms with Crippen LogP contribution in [-0.2, 0) is 7.05 Å². The molecule has 29 heavy (non-hydrogen) atoms. The molecule has 1 unspecified atom stereocenters. The van der Waals surface area contributed by atoms with E-state index in [9.17, 15) is 0 Å². The third-order valence-corrected chi connectivity index (χ3v) is 4.71. The van der Waals surface area contributed by atoms with Crippen molar-refractivity contribution in [2.24, 2.45) is 7.05 Å². The second-order valence-electron chi connectivity index (χ2n) is 6.80. The first-order chi connectivity index (χ1) is 14.1. The van der Waals surface area contributed by atoms with E-state index in [0.29, 0.717) is 28.3 Å². The van der Waals surface area contributed by atoms with Crippen LogP contribution in [0.15, 0.2) is 49.1 Å². The van der Waals surface area contributed by atoms with Gasteiger partial charge in [0.1, 0.15) is 34.6 Å². The van der Waals surface area contributed by atoms with Gasteiger partial charge in [-0.05, 0) is 25.1 Å². The molecular formula is C20H18N8O. The maximum atomic E-state index is 6.19. The number of anilines is 1. The molecule has 9 nitrogen and oxygen atoms in total. The van der Waals surface area contributed by atoms with Crippen LogP contribution < -0.4 is 10.5 Å². The van der Waals surface area contributed by atoms with E-state index in [-0.39, 0.29) is 6.10 Å². The molecule has 4 heterocycles. The first-order valence-electron chi connectivity index (χ1n) is 9.09. The van der Waals surface area contributed by atoms with E-state index in [4.69, 9.17) is 10.5 Å². The molecule has 0 fully saturated rings. The molecule has 1 atom stereocenters. The number of rotatable bonds is 4. The van der Waals surface area contributed by atoms with Crippen LogP contribution >= 0.6 is 0 Å². The number of hydrogen-bond acceptors (Lipinski definition) is 7. The second-order valence-corrected chi connectivity index (χ2v) is 6.80. The predicted octanol–water partition coefficient (Wildman–Crippen LogP) is 3.02. The van der Waals surface area contributed by atoms with Crippen LogP contribution in [0.2, 0.25) is 0 Å². The molecule has 0 radical (unpaired) electrons. The van der Waals surface area contributed by atoms with Gasteiger partial charge in [-0.1, -0.05) is 0 Å². The van der Waals surface area contributed by atoms with Crippen molar-refractivity contribution in [1.82, 2.24) is 34.9 Å². The van der Waals surface area contributed by atoms with Crippen LogP contribution in [0.25, 0.3) is 33.2 Å². The summed E-state index contributed by atoms with van der Waals surface area (Å²) in [7, 11) is 1.88. The minimum Gasteiger partial charge on any atom is -0.484 e. The lowest BCUT2D eigenvalue weighted by atomic mass is 10.1. The van der Waals surface area contributed by atoms with Gasteiger partial charge in [-0.15, -0.1) is 0 Å². The molecule has 0 aliphatic carbocycles. The van der Waals surface area contributed by atoms with Gasteiger partial charge in [0.25, 0.3) is 0 Å². The zero-order valence-corrected chi connectivity index (χ0v) is 15.9. The van der Waals surface area contributed by atoms with Gasteiger partial charge >= 0.3 is 0 Å². The maximum Gasteiger partial charge on any atom is 0.140 e. The van der Waals surface area contributed by atoms with Gasteiger partial charge in [-0.2, -0.15) is 10.2 Å². The molecule has 0 aliphatic rings. The average molecular weight is 386 g/mol. The number of nitrogens with two attached hydrogens (primary N) is 1. The fraction of sp³-hybridized carbons (Fsp3) is 0.150. The second kappa shape index (κ2) is 6.55. The number of nitrogens with one attached hydrogen (secondary N) is 1. The smallest absolute Gasteiger partial charge is 0.140 e. The summed E-state index contributed by atoms with van der Waals surface area (Å²) in [4.78, 5) is 13.2. The Kier molecular flexibility index (Phi) is 3.87. The number of fused-ring (bicyclic) bond motifs is 2. The standard InChI is InChI=1S/C20H18N8O/c1-11(18-20-16(8-17(21)25-18)22-5-6-23-20)29-13-3-4-15-14(7-13)19(27-26-15)12-9-24-28(2)10-12/h3-11H,1-2H3,(H2,21,25)(H,26,27). The van der Waals surface area contributed by atoms with Crippen molar-refractivity contribution in [2.45, 2.75) is 13.0 Å². The molecule has 5 aromatic rings. The minimum absolute atomic E-state index is 0.371. The summed E-state index contributed by atoms with van der Waals surface area (Å²) in [5.74, 6) is 1.07. The number of ether oxygens (including phenoxy) is 1. The zero-order chi connectivity index (χ0) is 20.0. The molecular weight excluding hydrogens is 368 g/mol. The molecule has 144 valence electrons. The predicted molar refractivity (Wildman–Crippen MR) is 109 cm³/mol. The van der Waals surface area contributed by atoms with Gasteiger partial charge in [0.2, 0.25) is 0 Å². The molecule has 5 rings (SSSR count). The molecule has 0 saturated heterocycles. The van der Waals surface area contributed by atoms with Crippen molar-refractivity contribution >= 4 is 27.8 Å². The van der Waals surface area contributed by atoms with Crippen LogP contribution in [0.4, 0.5) is 5.82 Å². The third-order valence-electron chi connectivity index (χ3n) is 4.71. The summed E-state index contributed by atoms with van der Waals surface area (Å²) in [6, 6.07) is 7.49. The lowest BCUT2D eigenvalue weighted by Gasteiger charge is -2.16. The average Bonchev–Trinajstić information content (AvgIpc) is 3.32. The molecule has 0 aliphatic heterocycles. The SMILES string of the molecule is CC(Oc1ccc2[nH]nc(-c3cnn(C)c3)c2c1)c1nc(N)cc2nccnc12. The summed E-state index contributed by atoms with van der Waals surface area (Å²) in [5, 5.41) is 12.7. The molecule has 0 saturated carbocycles. The van der Waals surface area contributed by atoms with Crippen LogP contribution in [0.3, 0.4) is 0 Å². The number of aromatic amines is 1. The Morgan fingerprint density at radius 3 is 2.86 bits per heavy atom. The number of aromatic nitrogens is 7. The molecule has 4 aromatic heterocycles. The Morgan fingerprint density at radius 2 is 2.03 bits per heavy atom. The Bertz CT molecular complexity index is 1340. The molecule has 9 heteroatoms. The highest BCUT2D eigenvalue weighted by Gasteiger charge is 2.17. The Hall–Kier alpha value is -4.01. The molecule has 0 amide bonds. The Balaban J connectivity index is 1.52. The lowest BCUT2D eigenvalue weighted by molar-refractivity contribution is 0.224. The van der Waals surface area contributed by atoms with Crippen molar-refractivity contribution in [2.75, 3.05) is 5.73 Å². The third kappa shape index (κ3) is 3.02. The van der Waals surface area contributed by atoms with E-state index in [1.54, 1.807) is 29.3 Å². The number of pyridine rings is 1. The highest BCUT2D eigenvalue weighted by atomic mass is 16.5. The summed E-state index contributed by atoms with van der Waals surface area (Å²) in [6.45, 7) is 1.91. The molecule has 3 N–H and O–H groups in total. The topological polar surface area (TPSA) is 120 Å². The number of nitrogen functional groups attached to an aromatic ring is 1. The summed E-state index contributed by atoms with van der Waals surface area (Å²) in [5.41, 5.74) is 10.6. The fourth-order valence-corrected chi connectivity index (χ4v) is 3.39. The van der Waals surface area contributed by atoms with Crippen LogP contribution in [0, 0.1) is 0 Å². The lowest BCUT2D eigenvalue weighted by Crippen LogP contribution is -2.09. The van der Waals surface area contributed by atoms with Crippen LogP contribution in [-0.4, -0.2) is 34.9 Å². The van der Waals surface area contributed by atoms with E-state index >= 15 is 0 Å². The van der Waals surface area contributed by atoms with E-state index < -0.39 is 0 Å². The van der Waals surface area contributed by atoms with Crippen molar-refractivity contribution < 1.29 is 4.74 Å². The van der Waals surface area contributed by atoms with Gasteiger partial charge in [0.05, 0.1) is 17.2 Å². The summed E-state index contributed by atoms with van der Waals surface area (Å²) >= 11 is 0. The largest absolute Gasteiger partial charge is 0.484 e. The van der Waals surface area contributed by atoms with Crippen molar-refractivity contribution in [3.05, 3.63) is 54.7 Å². The van der Waals surface area contributed by atoms with Crippen LogP contribution in [0.1, 0.15) is 18.7 Å². The fourth-order valence-electron chi connectivity index (χ4n) is 3.39. The minimum atomic E-state index is -0.371. The monoisotopic (exact) mass is 386 g/mol. The van der Waals surface area contributed by atoms with E-state index in [1.165, 1.54) is 0 Å². The number of aryl methyl sites for hydroxylation is 1. The van der Waals surface area contributed by atoms with Crippen LogP contribution in [0.5, 0.6) is 5.75 Å². The normalized spacial score (nSPS) is 12.5. The van der Waals surface area contributed by atoms with E-state index in [2.05, 4.69) is 30.2 Å². The van der Waals surface area contributed by atoms with Gasteiger partial charge in [0.15, 0.2) is 0 Å². The van der Waals surface area contributed by atoms with Crippen molar-refractivity contribution in [3.63, 3.8) is 0 Å². The van der Waals surface area contributed by atoms with Gasteiger partial charge in [0, 0.05) is 42.7 Å². The number of nitrogens with zero attached hydrogens (tertiary/aromatic N) is 6. The van der Waals surface area contributed by atoms with Crippen molar-refractivity contribution in [3.8, 4) is 17.0 Å². The van der Waals surface area contributed by atoms with E-state index in [0.717, 1.165) is 22.2 Å². The first kappa shape index (κ1) is 17.1. The summed E-state index contributed by atoms with van der Waals surface area (Å²) < 4.78 is 7.93. The van der Waals surface area contributed by atoms with Crippen molar-refractivity contribution in [1.29, 1.82) is 0 Å².